The molecule has 24 heavy (non-hydrogen) atoms. The molecule has 0 unspecified atom stereocenters. The number of hydrogen-bond donors (Lipinski definition) is 2. The van der Waals surface area contributed by atoms with Gasteiger partial charge in [0.05, 0.1) is 10.7 Å². The molecular formula is C17H12BrCl2N3O. The van der Waals surface area contributed by atoms with Crippen molar-refractivity contribution >= 4 is 56.4 Å². The fraction of sp³-hybridized carbons (Fsp3) is 0.0588. The normalized spacial score (nSPS) is 10.9. The summed E-state index contributed by atoms with van der Waals surface area (Å²) in [6.45, 7) is 1.92. The first-order valence-electron chi connectivity index (χ1n) is 6.80. The molecule has 0 aliphatic heterocycles. The van der Waals surface area contributed by atoms with Gasteiger partial charge in [-0.25, -0.2) is 0 Å². The molecule has 2 N–H and O–H groups in total. The van der Waals surface area contributed by atoms with Crippen LogP contribution < -0.4 is 10.6 Å². The molecule has 4 nitrogen and oxygen atoms in total. The summed E-state index contributed by atoms with van der Waals surface area (Å²) in [5.74, 6) is -0.566. The first-order valence-corrected chi connectivity index (χ1v) is 8.35. The molecule has 0 aromatic heterocycles. The first kappa shape index (κ1) is 18.3. The second-order valence-corrected chi connectivity index (χ2v) is 6.61. The number of benzene rings is 2. The predicted molar refractivity (Wildman–Crippen MR) is 101 cm³/mol. The second-order valence-electron chi connectivity index (χ2n) is 4.85. The number of carbonyl (C=O) groups is 1. The van der Waals surface area contributed by atoms with E-state index in [4.69, 9.17) is 23.2 Å². The average Bonchev–Trinajstić information content (AvgIpc) is 2.52. The van der Waals surface area contributed by atoms with Crippen LogP contribution in [0.15, 0.2) is 52.6 Å². The summed E-state index contributed by atoms with van der Waals surface area (Å²) in [4.78, 5) is 12.2. The Bertz CT molecular complexity index is 859. The highest BCUT2D eigenvalue weighted by Gasteiger charge is 2.11. The lowest BCUT2D eigenvalue weighted by atomic mass is 10.2. The van der Waals surface area contributed by atoms with E-state index in [9.17, 15) is 10.1 Å². The Morgan fingerprint density at radius 2 is 1.92 bits per heavy atom. The number of halogens is 3. The van der Waals surface area contributed by atoms with Crippen molar-refractivity contribution in [3.8, 4) is 6.07 Å². The Balaban J connectivity index is 2.15. The van der Waals surface area contributed by atoms with Crippen molar-refractivity contribution in [1.29, 1.82) is 5.26 Å². The summed E-state index contributed by atoms with van der Waals surface area (Å²) in [6, 6.07) is 12.2. The number of nitriles is 1. The zero-order chi connectivity index (χ0) is 17.7. The number of amides is 1. The van der Waals surface area contributed by atoms with Crippen molar-refractivity contribution in [2.45, 2.75) is 6.92 Å². The first-order chi connectivity index (χ1) is 11.4. The Morgan fingerprint density at radius 3 is 2.54 bits per heavy atom. The maximum Gasteiger partial charge on any atom is 0.267 e. The molecule has 0 atom stereocenters. The van der Waals surface area contributed by atoms with Gasteiger partial charge < -0.3 is 10.6 Å². The molecule has 0 heterocycles. The highest BCUT2D eigenvalue weighted by Crippen LogP contribution is 2.26. The summed E-state index contributed by atoms with van der Waals surface area (Å²) in [7, 11) is 0. The van der Waals surface area contributed by atoms with E-state index >= 15 is 0 Å². The topological polar surface area (TPSA) is 64.9 Å². The van der Waals surface area contributed by atoms with Gasteiger partial charge in [-0.1, -0.05) is 39.1 Å². The van der Waals surface area contributed by atoms with Crippen LogP contribution in [0.2, 0.25) is 10.0 Å². The van der Waals surface area contributed by atoms with Crippen LogP contribution in [0.3, 0.4) is 0 Å². The number of aryl methyl sites for hydroxylation is 1. The molecule has 0 saturated heterocycles. The lowest BCUT2D eigenvalue weighted by molar-refractivity contribution is -0.112. The number of nitrogens with zero attached hydrogens (tertiary/aromatic N) is 1. The molecular weight excluding hydrogens is 413 g/mol. The number of carbonyl (C=O) groups excluding carboxylic acids is 1. The van der Waals surface area contributed by atoms with Crippen LogP contribution in [0.1, 0.15) is 5.56 Å². The third-order valence-electron chi connectivity index (χ3n) is 3.10. The van der Waals surface area contributed by atoms with E-state index < -0.39 is 5.91 Å². The fourth-order valence-corrected chi connectivity index (χ4v) is 2.80. The molecule has 0 saturated carbocycles. The van der Waals surface area contributed by atoms with E-state index in [0.717, 1.165) is 15.7 Å². The lowest BCUT2D eigenvalue weighted by Gasteiger charge is -2.08. The van der Waals surface area contributed by atoms with E-state index in [1.165, 1.54) is 12.3 Å². The molecule has 0 aliphatic rings. The van der Waals surface area contributed by atoms with Gasteiger partial charge in [-0.05, 0) is 48.9 Å². The number of nitrogens with one attached hydrogen (secondary N) is 2. The van der Waals surface area contributed by atoms with Crippen LogP contribution in [-0.2, 0) is 4.79 Å². The standard InChI is InChI=1S/C17H12BrCl2N3O/c1-10-6-12(18)2-4-15(10)22-9-11(8-21)17(24)23-16-5-3-13(19)7-14(16)20/h2-7,9,22H,1H3,(H,23,24)/b11-9-. The van der Waals surface area contributed by atoms with Gasteiger partial charge in [-0.15, -0.1) is 0 Å². The van der Waals surface area contributed by atoms with E-state index in [2.05, 4.69) is 26.6 Å². The second kappa shape index (κ2) is 8.20. The van der Waals surface area contributed by atoms with Crippen LogP contribution in [0, 0.1) is 18.3 Å². The molecule has 2 aromatic carbocycles. The van der Waals surface area contributed by atoms with Gasteiger partial charge in [0.2, 0.25) is 0 Å². The third-order valence-corrected chi connectivity index (χ3v) is 4.15. The largest absolute Gasteiger partial charge is 0.360 e. The molecule has 0 bridgehead atoms. The van der Waals surface area contributed by atoms with Crippen molar-refractivity contribution in [2.75, 3.05) is 10.6 Å². The average molecular weight is 425 g/mol. The predicted octanol–water partition coefficient (Wildman–Crippen LogP) is 5.52. The number of rotatable bonds is 4. The summed E-state index contributed by atoms with van der Waals surface area (Å²) in [5, 5.41) is 15.5. The van der Waals surface area contributed by atoms with E-state index in [0.29, 0.717) is 15.7 Å². The third kappa shape index (κ3) is 4.75. The highest BCUT2D eigenvalue weighted by molar-refractivity contribution is 9.10. The van der Waals surface area contributed by atoms with Crippen LogP contribution in [-0.4, -0.2) is 5.91 Å². The summed E-state index contributed by atoms with van der Waals surface area (Å²) in [6.07, 6.45) is 1.36. The molecule has 0 aliphatic carbocycles. The monoisotopic (exact) mass is 423 g/mol. The zero-order valence-electron chi connectivity index (χ0n) is 12.5. The molecule has 2 aromatic rings. The van der Waals surface area contributed by atoms with Gasteiger partial charge in [-0.2, -0.15) is 5.26 Å². The van der Waals surface area contributed by atoms with Crippen molar-refractivity contribution in [3.63, 3.8) is 0 Å². The van der Waals surface area contributed by atoms with E-state index in [1.807, 2.05) is 31.2 Å². The van der Waals surface area contributed by atoms with Gasteiger partial charge in [0.1, 0.15) is 11.6 Å². The Morgan fingerprint density at radius 1 is 1.21 bits per heavy atom. The van der Waals surface area contributed by atoms with Crippen molar-refractivity contribution in [3.05, 3.63) is 68.3 Å². The minimum atomic E-state index is -0.566. The molecule has 0 fully saturated rings. The maximum absolute atomic E-state index is 12.2. The summed E-state index contributed by atoms with van der Waals surface area (Å²) >= 11 is 15.2. The van der Waals surface area contributed by atoms with Gasteiger partial charge in [0.15, 0.2) is 0 Å². The molecule has 0 radical (unpaired) electrons. The number of anilines is 2. The Kier molecular flexibility index (Phi) is 6.27. The smallest absolute Gasteiger partial charge is 0.267 e. The van der Waals surface area contributed by atoms with Gasteiger partial charge in [-0.3, -0.25) is 4.79 Å². The van der Waals surface area contributed by atoms with Gasteiger partial charge in [0, 0.05) is 21.4 Å². The van der Waals surface area contributed by atoms with Crippen LogP contribution in [0.5, 0.6) is 0 Å². The van der Waals surface area contributed by atoms with Crippen molar-refractivity contribution < 1.29 is 4.79 Å². The molecule has 2 rings (SSSR count). The quantitative estimate of drug-likeness (QED) is 0.501. The van der Waals surface area contributed by atoms with Crippen molar-refractivity contribution in [2.24, 2.45) is 0 Å². The van der Waals surface area contributed by atoms with E-state index in [1.54, 1.807) is 12.1 Å². The highest BCUT2D eigenvalue weighted by atomic mass is 79.9. The lowest BCUT2D eigenvalue weighted by Crippen LogP contribution is -2.15. The van der Waals surface area contributed by atoms with Crippen LogP contribution in [0.25, 0.3) is 0 Å². The summed E-state index contributed by atoms with van der Waals surface area (Å²) < 4.78 is 0.949. The minimum absolute atomic E-state index is 0.0802. The SMILES string of the molecule is Cc1cc(Br)ccc1N/C=C(/C#N)C(=O)Nc1ccc(Cl)cc1Cl. The molecule has 1 amide bonds. The zero-order valence-corrected chi connectivity index (χ0v) is 15.6. The summed E-state index contributed by atoms with van der Waals surface area (Å²) in [5.41, 5.74) is 2.07. The number of hydrogen-bond acceptors (Lipinski definition) is 3. The maximum atomic E-state index is 12.2. The van der Waals surface area contributed by atoms with E-state index in [-0.39, 0.29) is 5.57 Å². The Labute approximate surface area is 158 Å². The minimum Gasteiger partial charge on any atom is -0.360 e. The van der Waals surface area contributed by atoms with Crippen LogP contribution >= 0.6 is 39.1 Å². The Hall–Kier alpha value is -2.00. The molecule has 0 spiro atoms. The molecule has 122 valence electrons. The van der Waals surface area contributed by atoms with Gasteiger partial charge in [0.25, 0.3) is 5.91 Å². The van der Waals surface area contributed by atoms with Crippen molar-refractivity contribution in [1.82, 2.24) is 0 Å². The molecule has 7 heteroatoms. The fourth-order valence-electron chi connectivity index (χ4n) is 1.87. The van der Waals surface area contributed by atoms with Gasteiger partial charge >= 0.3 is 0 Å². The van der Waals surface area contributed by atoms with Crippen LogP contribution in [0.4, 0.5) is 11.4 Å².